The van der Waals surface area contributed by atoms with Gasteiger partial charge in [-0.1, -0.05) is 170 Å². The number of aromatic nitrogens is 3. The van der Waals surface area contributed by atoms with E-state index in [2.05, 4.69) is 194 Å². The molecular formula is C53H33N3. The van der Waals surface area contributed by atoms with Crippen LogP contribution in [0.4, 0.5) is 0 Å². The number of hydrogen-bond donors (Lipinski definition) is 0. The Morgan fingerprint density at radius 2 is 0.821 bits per heavy atom. The minimum Gasteiger partial charge on any atom is -0.248 e. The summed E-state index contributed by atoms with van der Waals surface area (Å²) in [6, 6.07) is 70.9. The molecule has 0 N–H and O–H groups in total. The average Bonchev–Trinajstić information content (AvgIpc) is 3.28. The molecule has 0 fully saturated rings. The van der Waals surface area contributed by atoms with Crippen molar-refractivity contribution in [3.8, 4) is 56.0 Å². The summed E-state index contributed by atoms with van der Waals surface area (Å²) in [6.45, 7) is 0. The molecule has 0 bridgehead atoms. The maximum absolute atomic E-state index is 5.32. The summed E-state index contributed by atoms with van der Waals surface area (Å²) in [7, 11) is 0. The Kier molecular flexibility index (Phi) is 7.49. The van der Waals surface area contributed by atoms with Gasteiger partial charge in [-0.2, -0.15) is 0 Å². The second-order valence-corrected chi connectivity index (χ2v) is 14.4. The first-order valence-electron chi connectivity index (χ1n) is 19.0. The van der Waals surface area contributed by atoms with Crippen LogP contribution in [0.25, 0.3) is 110 Å². The molecule has 11 rings (SSSR count). The summed E-state index contributed by atoms with van der Waals surface area (Å²) >= 11 is 0. The van der Waals surface area contributed by atoms with Crippen molar-refractivity contribution in [2.45, 2.75) is 0 Å². The quantitative estimate of drug-likeness (QED) is 0.167. The molecule has 0 spiro atoms. The third-order valence-electron chi connectivity index (χ3n) is 11.0. The number of rotatable bonds is 5. The molecule has 3 heteroatoms. The van der Waals surface area contributed by atoms with Crippen LogP contribution >= 0.6 is 0 Å². The van der Waals surface area contributed by atoms with Crippen LogP contribution in [0.5, 0.6) is 0 Å². The lowest BCUT2D eigenvalue weighted by Crippen LogP contribution is -1.93. The highest BCUT2D eigenvalue weighted by Gasteiger charge is 2.16. The fourth-order valence-electron chi connectivity index (χ4n) is 8.31. The van der Waals surface area contributed by atoms with Gasteiger partial charge in [0.15, 0.2) is 0 Å². The lowest BCUT2D eigenvalue weighted by Gasteiger charge is -2.15. The van der Waals surface area contributed by atoms with Crippen LogP contribution in [0.1, 0.15) is 0 Å². The zero-order valence-electron chi connectivity index (χ0n) is 30.4. The molecule has 0 saturated carbocycles. The lowest BCUT2D eigenvalue weighted by molar-refractivity contribution is 1.37. The SMILES string of the molecule is c1ccc(-c2ccc3ccc4ccc(-c5ccc(-c6cccc(-c7cc(-c8ccccc8)c8c(ccc9ccccc98)n7)c6)c6ccccc56)nc4c3n2)cc1. The maximum Gasteiger partial charge on any atom is 0.0972 e. The third-order valence-corrected chi connectivity index (χ3v) is 11.0. The molecule has 11 aromatic rings. The van der Waals surface area contributed by atoms with Crippen molar-refractivity contribution in [3.63, 3.8) is 0 Å². The molecule has 0 radical (unpaired) electrons. The summed E-state index contributed by atoms with van der Waals surface area (Å²) < 4.78 is 0. The Bertz CT molecular complexity index is 3300. The van der Waals surface area contributed by atoms with Crippen LogP contribution in [0, 0.1) is 0 Å². The number of nitrogens with zero attached hydrogens (tertiary/aromatic N) is 3. The minimum absolute atomic E-state index is 0.907. The lowest BCUT2D eigenvalue weighted by atomic mass is 9.91. The van der Waals surface area contributed by atoms with Gasteiger partial charge in [0.25, 0.3) is 0 Å². The highest BCUT2D eigenvalue weighted by atomic mass is 14.8. The van der Waals surface area contributed by atoms with E-state index in [0.717, 1.165) is 72.0 Å². The standard InChI is InChI=1S/C53H33N3/c1-3-12-34(13-4-1)46-33-50(54-49-31-24-35-14-7-8-19-42(35)51(46)49)40-18-11-17-39(32-40)41-27-28-45(44-21-10-9-20-43(41)44)48-30-26-38-23-22-37-25-29-47(36-15-5-2-6-16-36)55-52(37)53(38)56-48/h1-33H. The van der Waals surface area contributed by atoms with E-state index >= 15 is 0 Å². The summed E-state index contributed by atoms with van der Waals surface area (Å²) in [6.07, 6.45) is 0. The van der Waals surface area contributed by atoms with Crippen LogP contribution in [0.3, 0.4) is 0 Å². The Morgan fingerprint density at radius 1 is 0.268 bits per heavy atom. The van der Waals surface area contributed by atoms with E-state index in [-0.39, 0.29) is 0 Å². The van der Waals surface area contributed by atoms with Crippen LogP contribution in [-0.2, 0) is 0 Å². The van der Waals surface area contributed by atoms with Crippen molar-refractivity contribution < 1.29 is 0 Å². The van der Waals surface area contributed by atoms with Crippen molar-refractivity contribution in [3.05, 3.63) is 200 Å². The third kappa shape index (κ3) is 5.40. The minimum atomic E-state index is 0.907. The number of benzene rings is 8. The molecule has 8 aromatic carbocycles. The smallest absolute Gasteiger partial charge is 0.0972 e. The van der Waals surface area contributed by atoms with E-state index in [1.165, 1.54) is 38.2 Å². The molecule has 0 saturated heterocycles. The van der Waals surface area contributed by atoms with Crippen LogP contribution in [-0.4, -0.2) is 15.0 Å². The second kappa shape index (κ2) is 13.1. The first-order chi connectivity index (χ1) is 27.7. The van der Waals surface area contributed by atoms with Crippen molar-refractivity contribution in [1.29, 1.82) is 0 Å². The molecule has 3 nitrogen and oxygen atoms in total. The van der Waals surface area contributed by atoms with Gasteiger partial charge >= 0.3 is 0 Å². The highest BCUT2D eigenvalue weighted by Crippen LogP contribution is 2.40. The summed E-state index contributed by atoms with van der Waals surface area (Å²) in [5.41, 5.74) is 13.6. The van der Waals surface area contributed by atoms with Crippen LogP contribution < -0.4 is 0 Å². The largest absolute Gasteiger partial charge is 0.248 e. The van der Waals surface area contributed by atoms with Gasteiger partial charge < -0.3 is 0 Å². The van der Waals surface area contributed by atoms with E-state index in [1.807, 2.05) is 6.07 Å². The van der Waals surface area contributed by atoms with E-state index in [1.54, 1.807) is 0 Å². The first-order valence-corrected chi connectivity index (χ1v) is 19.0. The molecule has 0 unspecified atom stereocenters. The van der Waals surface area contributed by atoms with Gasteiger partial charge in [0.05, 0.1) is 33.6 Å². The second-order valence-electron chi connectivity index (χ2n) is 14.4. The van der Waals surface area contributed by atoms with Crippen LogP contribution in [0.15, 0.2) is 200 Å². The van der Waals surface area contributed by atoms with E-state index in [9.17, 15) is 0 Å². The van der Waals surface area contributed by atoms with Gasteiger partial charge in [-0.3, -0.25) is 0 Å². The Morgan fingerprint density at radius 3 is 1.59 bits per heavy atom. The summed E-state index contributed by atoms with van der Waals surface area (Å²) in [4.78, 5) is 15.8. The zero-order valence-corrected chi connectivity index (χ0v) is 30.4. The van der Waals surface area contributed by atoms with Gasteiger partial charge in [0.1, 0.15) is 0 Å². The van der Waals surface area contributed by atoms with Crippen molar-refractivity contribution >= 4 is 54.3 Å². The van der Waals surface area contributed by atoms with E-state index in [4.69, 9.17) is 15.0 Å². The van der Waals surface area contributed by atoms with E-state index in [0.29, 0.717) is 0 Å². The molecule has 0 amide bonds. The molecule has 0 atom stereocenters. The van der Waals surface area contributed by atoms with Crippen molar-refractivity contribution in [1.82, 2.24) is 15.0 Å². The number of hydrogen-bond acceptors (Lipinski definition) is 3. The average molecular weight is 712 g/mol. The monoisotopic (exact) mass is 711 g/mol. The van der Waals surface area contributed by atoms with Gasteiger partial charge in [0, 0.05) is 32.8 Å². The predicted octanol–water partition coefficient (Wildman–Crippen LogP) is 14.0. The Balaban J connectivity index is 1.04. The number of fused-ring (bicyclic) bond motifs is 7. The predicted molar refractivity (Wildman–Crippen MR) is 235 cm³/mol. The Labute approximate surface area is 324 Å². The fraction of sp³-hybridized carbons (Fsp3) is 0. The van der Waals surface area contributed by atoms with Gasteiger partial charge in [-0.05, 0) is 74.1 Å². The molecule has 3 aromatic heterocycles. The first kappa shape index (κ1) is 32.0. The molecule has 260 valence electrons. The van der Waals surface area contributed by atoms with Gasteiger partial charge in [0.2, 0.25) is 0 Å². The van der Waals surface area contributed by atoms with E-state index < -0.39 is 0 Å². The maximum atomic E-state index is 5.32. The van der Waals surface area contributed by atoms with Crippen LogP contribution in [0.2, 0.25) is 0 Å². The topological polar surface area (TPSA) is 38.7 Å². The van der Waals surface area contributed by atoms with Crippen molar-refractivity contribution in [2.24, 2.45) is 0 Å². The van der Waals surface area contributed by atoms with Gasteiger partial charge in [-0.15, -0.1) is 0 Å². The fourth-order valence-corrected chi connectivity index (χ4v) is 8.31. The molecule has 0 aliphatic heterocycles. The molecular weight excluding hydrogens is 679 g/mol. The molecule has 3 heterocycles. The molecule has 0 aliphatic carbocycles. The Hall–Kier alpha value is -7.49. The van der Waals surface area contributed by atoms with Gasteiger partial charge in [-0.25, -0.2) is 15.0 Å². The molecule has 0 aliphatic rings. The normalized spacial score (nSPS) is 11.6. The van der Waals surface area contributed by atoms with Crippen molar-refractivity contribution in [2.75, 3.05) is 0 Å². The summed E-state index contributed by atoms with van der Waals surface area (Å²) in [5, 5.41) is 8.08. The zero-order chi connectivity index (χ0) is 37.0. The highest BCUT2D eigenvalue weighted by molar-refractivity contribution is 6.14. The molecule has 56 heavy (non-hydrogen) atoms. The summed E-state index contributed by atoms with van der Waals surface area (Å²) in [5.74, 6) is 0. The number of pyridine rings is 3.